The highest BCUT2D eigenvalue weighted by atomic mass is 16.3. The van der Waals surface area contributed by atoms with Crippen molar-refractivity contribution in [1.82, 2.24) is 0 Å². The lowest BCUT2D eigenvalue weighted by molar-refractivity contribution is 0.668. The van der Waals surface area contributed by atoms with Crippen molar-refractivity contribution in [2.45, 2.75) is 0 Å². The maximum atomic E-state index is 6.41. The fourth-order valence-electron chi connectivity index (χ4n) is 8.98. The second-order valence-corrected chi connectivity index (χ2v) is 14.1. The van der Waals surface area contributed by atoms with Crippen LogP contribution >= 0.6 is 0 Å². The van der Waals surface area contributed by atoms with Crippen LogP contribution in [-0.2, 0) is 0 Å². The Bertz CT molecular complexity index is 3120. The molecule has 0 bridgehead atoms. The molecule has 4 heterocycles. The number of hydrogen-bond acceptors (Lipinski definition) is 4. The van der Waals surface area contributed by atoms with Crippen molar-refractivity contribution in [3.63, 3.8) is 0 Å². The molecule has 0 radical (unpaired) electrons. The number of fused-ring (bicyclic) bond motifs is 10. The summed E-state index contributed by atoms with van der Waals surface area (Å²) in [6.07, 6.45) is 0. The van der Waals surface area contributed by atoms with E-state index in [1.807, 2.05) is 24.3 Å². The van der Waals surface area contributed by atoms with Crippen LogP contribution in [0.15, 0.2) is 185 Å². The summed E-state index contributed by atoms with van der Waals surface area (Å²) < 4.78 is 12.6. The number of benzene rings is 8. The zero-order valence-electron chi connectivity index (χ0n) is 28.5. The maximum absolute atomic E-state index is 6.41. The van der Waals surface area contributed by atoms with E-state index in [4.69, 9.17) is 8.83 Å². The van der Waals surface area contributed by atoms with E-state index in [1.54, 1.807) is 0 Å². The molecule has 5 heteroatoms. The zero-order chi connectivity index (χ0) is 34.6. The summed E-state index contributed by atoms with van der Waals surface area (Å²) in [6.45, 7) is 0.0796. The molecule has 0 atom stereocenters. The van der Waals surface area contributed by atoms with Gasteiger partial charge >= 0.3 is 0 Å². The lowest BCUT2D eigenvalue weighted by Gasteiger charge is -2.44. The van der Waals surface area contributed by atoms with Crippen molar-refractivity contribution < 1.29 is 8.83 Å². The molecule has 2 aromatic heterocycles. The Hall–Kier alpha value is -6.98. The molecule has 246 valence electrons. The van der Waals surface area contributed by atoms with E-state index in [2.05, 4.69) is 161 Å². The van der Waals surface area contributed by atoms with Crippen LogP contribution in [0.1, 0.15) is 0 Å². The molecule has 2 aliphatic rings. The Morgan fingerprint density at radius 2 is 0.868 bits per heavy atom. The van der Waals surface area contributed by atoms with Crippen LogP contribution in [0.4, 0.5) is 34.1 Å². The first kappa shape index (κ1) is 28.7. The molecule has 12 rings (SSSR count). The number of furan rings is 2. The summed E-state index contributed by atoms with van der Waals surface area (Å²) in [7, 11) is 0. The van der Waals surface area contributed by atoms with Crippen molar-refractivity contribution in [2.24, 2.45) is 0 Å². The van der Waals surface area contributed by atoms with Gasteiger partial charge in [0.1, 0.15) is 22.3 Å². The van der Waals surface area contributed by atoms with E-state index >= 15 is 0 Å². The largest absolute Gasteiger partial charge is 0.456 e. The molecule has 0 N–H and O–H groups in total. The molecule has 4 nitrogen and oxygen atoms in total. The molecule has 0 saturated carbocycles. The van der Waals surface area contributed by atoms with E-state index in [1.165, 1.54) is 39.1 Å². The van der Waals surface area contributed by atoms with Gasteiger partial charge in [0, 0.05) is 61.7 Å². The second-order valence-electron chi connectivity index (χ2n) is 14.1. The molecule has 0 fully saturated rings. The number of hydrogen-bond donors (Lipinski definition) is 0. The normalized spacial score (nSPS) is 13.2. The predicted octanol–water partition coefficient (Wildman–Crippen LogP) is 11.2. The van der Waals surface area contributed by atoms with Gasteiger partial charge in [-0.3, -0.25) is 0 Å². The highest BCUT2D eigenvalue weighted by Gasteiger charge is 2.42. The van der Waals surface area contributed by atoms with Crippen LogP contribution in [0.25, 0.3) is 55.0 Å². The van der Waals surface area contributed by atoms with Gasteiger partial charge in [-0.2, -0.15) is 0 Å². The second kappa shape index (κ2) is 10.8. The fraction of sp³-hybridized carbons (Fsp3) is 0. The Kier molecular flexibility index (Phi) is 5.83. The molecule has 0 amide bonds. The van der Waals surface area contributed by atoms with Crippen molar-refractivity contribution in [3.05, 3.63) is 176 Å². The summed E-state index contributed by atoms with van der Waals surface area (Å²) in [5, 5.41) is 4.53. The van der Waals surface area contributed by atoms with E-state index < -0.39 is 0 Å². The Balaban J connectivity index is 1.05. The van der Waals surface area contributed by atoms with Crippen LogP contribution in [0.2, 0.25) is 0 Å². The Morgan fingerprint density at radius 1 is 0.340 bits per heavy atom. The minimum absolute atomic E-state index is 0.0796. The highest BCUT2D eigenvalue weighted by molar-refractivity contribution is 7.00. The first-order valence-corrected chi connectivity index (χ1v) is 18.1. The van der Waals surface area contributed by atoms with E-state index in [9.17, 15) is 0 Å². The maximum Gasteiger partial charge on any atom is 0.252 e. The number of nitrogens with zero attached hydrogens (tertiary/aromatic N) is 2. The van der Waals surface area contributed by atoms with Gasteiger partial charge in [-0.25, -0.2) is 0 Å². The van der Waals surface area contributed by atoms with Crippen molar-refractivity contribution in [2.75, 3.05) is 9.80 Å². The van der Waals surface area contributed by atoms with Gasteiger partial charge in [0.05, 0.1) is 0 Å². The first-order chi connectivity index (χ1) is 26.3. The summed E-state index contributed by atoms with van der Waals surface area (Å²) >= 11 is 0. The van der Waals surface area contributed by atoms with Crippen molar-refractivity contribution >= 4 is 101 Å². The summed E-state index contributed by atoms with van der Waals surface area (Å²) in [6, 6.07) is 63.2. The minimum Gasteiger partial charge on any atom is -0.456 e. The highest BCUT2D eigenvalue weighted by Crippen LogP contribution is 2.45. The standard InChI is InChI=1S/C48H29BN2O2/c1-7-21-44-34(13-1)36-25-24-33(29-47(36)53-44)51-41-18-6-4-16-39(41)49-38-15-3-5-17-40(38)50(42-19-10-20-43(51)48(42)49)32-12-9-11-30(27-32)31-23-26-46-37(28-31)35-14-2-8-22-45(35)52-46/h1-29H. The van der Waals surface area contributed by atoms with Gasteiger partial charge in [-0.15, -0.1) is 0 Å². The Labute approximate surface area is 305 Å². The van der Waals surface area contributed by atoms with Gasteiger partial charge in [0.25, 0.3) is 6.71 Å². The molecule has 0 unspecified atom stereocenters. The van der Waals surface area contributed by atoms with Crippen LogP contribution in [0.5, 0.6) is 0 Å². The predicted molar refractivity (Wildman–Crippen MR) is 220 cm³/mol. The van der Waals surface area contributed by atoms with Crippen LogP contribution < -0.4 is 26.2 Å². The molecule has 2 aliphatic heterocycles. The molecule has 0 saturated heterocycles. The zero-order valence-corrected chi connectivity index (χ0v) is 28.5. The summed E-state index contributed by atoms with van der Waals surface area (Å²) in [5.74, 6) is 0. The molecular weight excluding hydrogens is 647 g/mol. The minimum atomic E-state index is 0.0796. The van der Waals surface area contributed by atoms with Crippen molar-refractivity contribution in [3.8, 4) is 11.1 Å². The van der Waals surface area contributed by atoms with E-state index in [0.29, 0.717) is 0 Å². The average Bonchev–Trinajstić information content (AvgIpc) is 3.78. The van der Waals surface area contributed by atoms with Gasteiger partial charge in [-0.1, -0.05) is 97.1 Å². The molecule has 10 aromatic rings. The molecule has 53 heavy (non-hydrogen) atoms. The lowest BCUT2D eigenvalue weighted by Crippen LogP contribution is -2.61. The Morgan fingerprint density at radius 3 is 1.60 bits per heavy atom. The van der Waals surface area contributed by atoms with Gasteiger partial charge in [-0.05, 0) is 100 Å². The SMILES string of the molecule is c1cc(-c2ccc3oc4ccccc4c3c2)cc(N2c3ccccc3B3c4ccccc4N(c4ccc5c(c4)oc4ccccc45)c4cccc2c43)c1. The average molecular weight is 677 g/mol. The van der Waals surface area contributed by atoms with Crippen LogP contribution in [0, 0.1) is 0 Å². The van der Waals surface area contributed by atoms with E-state index in [0.717, 1.165) is 66.4 Å². The van der Waals surface area contributed by atoms with Crippen LogP contribution in [0.3, 0.4) is 0 Å². The number of rotatable bonds is 3. The van der Waals surface area contributed by atoms with Gasteiger partial charge in [0.15, 0.2) is 0 Å². The third-order valence-corrected chi connectivity index (χ3v) is 11.2. The summed E-state index contributed by atoms with van der Waals surface area (Å²) in [4.78, 5) is 4.87. The fourth-order valence-corrected chi connectivity index (χ4v) is 8.98. The third kappa shape index (κ3) is 4.07. The number of para-hydroxylation sites is 4. The molecule has 0 spiro atoms. The topological polar surface area (TPSA) is 32.8 Å². The third-order valence-electron chi connectivity index (χ3n) is 11.2. The van der Waals surface area contributed by atoms with Gasteiger partial charge in [0.2, 0.25) is 0 Å². The number of anilines is 6. The lowest BCUT2D eigenvalue weighted by atomic mass is 9.33. The molecule has 8 aromatic carbocycles. The molecular formula is C48H29BN2O2. The van der Waals surface area contributed by atoms with Crippen molar-refractivity contribution in [1.29, 1.82) is 0 Å². The monoisotopic (exact) mass is 676 g/mol. The van der Waals surface area contributed by atoms with Crippen LogP contribution in [-0.4, -0.2) is 6.71 Å². The van der Waals surface area contributed by atoms with Gasteiger partial charge < -0.3 is 18.6 Å². The smallest absolute Gasteiger partial charge is 0.252 e. The summed E-state index contributed by atoms with van der Waals surface area (Å²) in [5.41, 5.74) is 16.7. The van der Waals surface area contributed by atoms with E-state index in [-0.39, 0.29) is 6.71 Å². The quantitative estimate of drug-likeness (QED) is 0.174. The first-order valence-electron chi connectivity index (χ1n) is 18.1. The molecule has 0 aliphatic carbocycles.